The smallest absolute Gasteiger partial charge is 0.273 e. The van der Waals surface area contributed by atoms with Gasteiger partial charge in [-0.1, -0.05) is 13.3 Å². The van der Waals surface area contributed by atoms with Gasteiger partial charge < -0.3 is 10.3 Å². The van der Waals surface area contributed by atoms with Crippen molar-refractivity contribution in [3.05, 3.63) is 29.8 Å². The number of nitrogen functional groups attached to an aromatic ring is 1. The van der Waals surface area contributed by atoms with Gasteiger partial charge in [-0.25, -0.2) is 20.5 Å². The molecule has 0 radical (unpaired) electrons. The Bertz CT molecular complexity index is 635. The number of nitrogens with one attached hydrogen (secondary N) is 1. The Labute approximate surface area is 123 Å². The van der Waals surface area contributed by atoms with Gasteiger partial charge >= 0.3 is 0 Å². The predicted octanol–water partition coefficient (Wildman–Crippen LogP) is 0.602. The highest BCUT2D eigenvalue weighted by atomic mass is 16.2. The maximum atomic E-state index is 11.9. The first kappa shape index (κ1) is 14.9. The molecule has 112 valence electrons. The van der Waals surface area contributed by atoms with Crippen LogP contribution in [0.2, 0.25) is 0 Å². The third-order valence-corrected chi connectivity index (χ3v) is 2.99. The standard InChI is InChI=1S/C13H19N7O/c1-4-5-9-11(17-14)15-8-16-12(9)20-7-6-10(18-20)13(21)19(2)3/h6-8H,4-5,14H2,1-3H3,(H,15,16,17). The second-order valence-corrected chi connectivity index (χ2v) is 4.76. The van der Waals surface area contributed by atoms with Crippen molar-refractivity contribution in [3.8, 4) is 5.82 Å². The van der Waals surface area contributed by atoms with Gasteiger partial charge in [-0.2, -0.15) is 5.10 Å². The number of anilines is 1. The molecule has 2 aromatic rings. The maximum absolute atomic E-state index is 11.9. The number of amides is 1. The van der Waals surface area contributed by atoms with Crippen molar-refractivity contribution in [3.63, 3.8) is 0 Å². The minimum absolute atomic E-state index is 0.156. The molecule has 0 saturated carbocycles. The van der Waals surface area contributed by atoms with Crippen LogP contribution in [0.1, 0.15) is 29.4 Å². The van der Waals surface area contributed by atoms with E-state index in [4.69, 9.17) is 5.84 Å². The lowest BCUT2D eigenvalue weighted by Gasteiger charge is -2.11. The maximum Gasteiger partial charge on any atom is 0.273 e. The van der Waals surface area contributed by atoms with Gasteiger partial charge in [-0.15, -0.1) is 0 Å². The van der Waals surface area contributed by atoms with Crippen LogP contribution in [0.5, 0.6) is 0 Å². The molecular weight excluding hydrogens is 270 g/mol. The Hall–Kier alpha value is -2.48. The molecule has 2 aromatic heterocycles. The number of nitrogens with zero attached hydrogens (tertiary/aromatic N) is 5. The van der Waals surface area contributed by atoms with Gasteiger partial charge in [-0.05, 0) is 12.5 Å². The molecule has 0 saturated heterocycles. The summed E-state index contributed by atoms with van der Waals surface area (Å²) in [6.45, 7) is 2.06. The first-order valence-electron chi connectivity index (χ1n) is 6.66. The first-order valence-corrected chi connectivity index (χ1v) is 6.66. The largest absolute Gasteiger partial charge is 0.343 e. The molecule has 1 amide bonds. The van der Waals surface area contributed by atoms with Crippen LogP contribution in [0.3, 0.4) is 0 Å². The highest BCUT2D eigenvalue weighted by molar-refractivity contribution is 5.91. The van der Waals surface area contributed by atoms with Crippen LogP contribution in [-0.2, 0) is 6.42 Å². The lowest BCUT2D eigenvalue weighted by Crippen LogP contribution is -2.22. The van der Waals surface area contributed by atoms with E-state index in [2.05, 4.69) is 27.4 Å². The van der Waals surface area contributed by atoms with Crippen LogP contribution in [0.25, 0.3) is 5.82 Å². The molecule has 0 fully saturated rings. The van der Waals surface area contributed by atoms with Crippen molar-refractivity contribution >= 4 is 11.7 Å². The monoisotopic (exact) mass is 289 g/mol. The van der Waals surface area contributed by atoms with Crippen LogP contribution >= 0.6 is 0 Å². The number of hydrogen-bond donors (Lipinski definition) is 2. The summed E-state index contributed by atoms with van der Waals surface area (Å²) in [7, 11) is 3.37. The number of hydrogen-bond acceptors (Lipinski definition) is 6. The third kappa shape index (κ3) is 3.00. The van der Waals surface area contributed by atoms with Crippen LogP contribution in [0, 0.1) is 0 Å². The van der Waals surface area contributed by atoms with Gasteiger partial charge in [0.2, 0.25) is 0 Å². The van der Waals surface area contributed by atoms with E-state index in [-0.39, 0.29) is 5.91 Å². The Morgan fingerprint density at radius 1 is 1.43 bits per heavy atom. The molecule has 0 aliphatic rings. The Kier molecular flexibility index (Phi) is 4.49. The summed E-state index contributed by atoms with van der Waals surface area (Å²) in [6, 6.07) is 1.66. The summed E-state index contributed by atoms with van der Waals surface area (Å²) in [5.41, 5.74) is 3.80. The molecular formula is C13H19N7O. The van der Waals surface area contributed by atoms with Gasteiger partial charge in [0.1, 0.15) is 12.1 Å². The zero-order valence-electron chi connectivity index (χ0n) is 12.4. The highest BCUT2D eigenvalue weighted by Gasteiger charge is 2.16. The summed E-state index contributed by atoms with van der Waals surface area (Å²) in [5, 5.41) is 4.29. The quantitative estimate of drug-likeness (QED) is 0.617. The summed E-state index contributed by atoms with van der Waals surface area (Å²) in [5.74, 6) is 6.53. The topological polar surface area (TPSA) is 102 Å². The number of carbonyl (C=O) groups excluding carboxylic acids is 1. The fourth-order valence-corrected chi connectivity index (χ4v) is 1.99. The lowest BCUT2D eigenvalue weighted by molar-refractivity contribution is 0.0821. The Balaban J connectivity index is 2.45. The van der Waals surface area contributed by atoms with Crippen molar-refractivity contribution in [1.29, 1.82) is 0 Å². The average Bonchev–Trinajstić information content (AvgIpc) is 2.96. The van der Waals surface area contributed by atoms with Crippen LogP contribution < -0.4 is 11.3 Å². The molecule has 0 unspecified atom stereocenters. The van der Waals surface area contributed by atoms with Gasteiger partial charge in [0.05, 0.1) is 0 Å². The number of carbonyl (C=O) groups is 1. The lowest BCUT2D eigenvalue weighted by atomic mass is 10.1. The summed E-state index contributed by atoms with van der Waals surface area (Å²) >= 11 is 0. The number of aromatic nitrogens is 4. The SMILES string of the molecule is CCCc1c(NN)ncnc1-n1ccc(C(=O)N(C)C)n1. The zero-order valence-corrected chi connectivity index (χ0v) is 12.4. The Morgan fingerprint density at radius 2 is 2.19 bits per heavy atom. The molecule has 2 rings (SSSR count). The molecule has 0 aliphatic heterocycles. The van der Waals surface area contributed by atoms with E-state index in [1.54, 1.807) is 31.0 Å². The van der Waals surface area contributed by atoms with E-state index >= 15 is 0 Å². The second kappa shape index (κ2) is 6.31. The minimum Gasteiger partial charge on any atom is -0.343 e. The molecule has 2 heterocycles. The summed E-state index contributed by atoms with van der Waals surface area (Å²) < 4.78 is 1.57. The third-order valence-electron chi connectivity index (χ3n) is 2.99. The predicted molar refractivity (Wildman–Crippen MR) is 79.0 cm³/mol. The summed E-state index contributed by atoms with van der Waals surface area (Å²) in [4.78, 5) is 21.8. The number of rotatable bonds is 5. The summed E-state index contributed by atoms with van der Waals surface area (Å²) in [6.07, 6.45) is 4.80. The Morgan fingerprint density at radius 3 is 2.81 bits per heavy atom. The van der Waals surface area contributed by atoms with Gasteiger partial charge in [0, 0.05) is 25.9 Å². The minimum atomic E-state index is -0.156. The van der Waals surface area contributed by atoms with E-state index < -0.39 is 0 Å². The fourth-order valence-electron chi connectivity index (χ4n) is 1.99. The number of nitrogens with two attached hydrogens (primary N) is 1. The van der Waals surface area contributed by atoms with E-state index in [1.807, 2.05) is 0 Å². The van der Waals surface area contributed by atoms with E-state index in [1.165, 1.54) is 11.2 Å². The molecule has 0 bridgehead atoms. The molecule has 21 heavy (non-hydrogen) atoms. The normalized spacial score (nSPS) is 10.5. The van der Waals surface area contributed by atoms with Crippen molar-refractivity contribution in [1.82, 2.24) is 24.6 Å². The molecule has 0 aromatic carbocycles. The molecule has 0 aliphatic carbocycles. The molecule has 8 heteroatoms. The van der Waals surface area contributed by atoms with Crippen molar-refractivity contribution in [2.75, 3.05) is 19.5 Å². The van der Waals surface area contributed by atoms with Crippen molar-refractivity contribution < 1.29 is 4.79 Å². The zero-order chi connectivity index (χ0) is 15.4. The number of hydrazine groups is 1. The van der Waals surface area contributed by atoms with Gasteiger partial charge in [-0.3, -0.25) is 4.79 Å². The van der Waals surface area contributed by atoms with E-state index in [0.717, 1.165) is 18.4 Å². The van der Waals surface area contributed by atoms with E-state index in [0.29, 0.717) is 17.3 Å². The van der Waals surface area contributed by atoms with Crippen LogP contribution in [0.4, 0.5) is 5.82 Å². The molecule has 0 spiro atoms. The van der Waals surface area contributed by atoms with Crippen molar-refractivity contribution in [2.24, 2.45) is 5.84 Å². The highest BCUT2D eigenvalue weighted by Crippen LogP contribution is 2.19. The molecule has 0 atom stereocenters. The fraction of sp³-hybridized carbons (Fsp3) is 0.385. The first-order chi connectivity index (χ1) is 10.1. The van der Waals surface area contributed by atoms with Crippen LogP contribution in [-0.4, -0.2) is 44.7 Å². The van der Waals surface area contributed by atoms with Gasteiger partial charge in [0.15, 0.2) is 11.5 Å². The van der Waals surface area contributed by atoms with Gasteiger partial charge in [0.25, 0.3) is 5.91 Å². The second-order valence-electron chi connectivity index (χ2n) is 4.76. The van der Waals surface area contributed by atoms with E-state index in [9.17, 15) is 4.79 Å². The molecule has 3 N–H and O–H groups in total. The van der Waals surface area contributed by atoms with Crippen molar-refractivity contribution in [2.45, 2.75) is 19.8 Å². The average molecular weight is 289 g/mol. The molecule has 8 nitrogen and oxygen atoms in total. The van der Waals surface area contributed by atoms with Crippen LogP contribution in [0.15, 0.2) is 18.6 Å².